The van der Waals surface area contributed by atoms with Crippen LogP contribution in [0.25, 0.3) is 0 Å². The molecule has 0 bridgehead atoms. The first-order chi connectivity index (χ1) is 7.79. The molecule has 16 heavy (non-hydrogen) atoms. The lowest BCUT2D eigenvalue weighted by molar-refractivity contribution is 0.256. The molecular formula is C14H22N2. The number of hydrogen-bond acceptors (Lipinski definition) is 2. The molecule has 0 unspecified atom stereocenters. The smallest absolute Gasteiger partial charge is 0.0300 e. The average Bonchev–Trinajstić information content (AvgIpc) is 2.31. The van der Waals surface area contributed by atoms with Gasteiger partial charge in [-0.1, -0.05) is 25.3 Å². The van der Waals surface area contributed by atoms with Crippen molar-refractivity contribution in [1.29, 1.82) is 0 Å². The lowest BCUT2D eigenvalue weighted by Crippen LogP contribution is -2.44. The largest absolute Gasteiger partial charge is 0.311 e. The standard InChI is InChI=1S/C14H22N2/c1-14(8-3-2-4-9-14)16-11-7-13-6-5-10-15-12-13/h5-6,10,12,16H,2-4,7-9,11H2,1H3. The summed E-state index contributed by atoms with van der Waals surface area (Å²) in [5.74, 6) is 0. The molecule has 1 saturated carbocycles. The number of nitrogens with one attached hydrogen (secondary N) is 1. The summed E-state index contributed by atoms with van der Waals surface area (Å²) in [5.41, 5.74) is 1.72. The van der Waals surface area contributed by atoms with Crippen LogP contribution in [0.15, 0.2) is 24.5 Å². The molecule has 1 aliphatic carbocycles. The maximum Gasteiger partial charge on any atom is 0.0300 e. The van der Waals surface area contributed by atoms with Crippen LogP contribution in [0.4, 0.5) is 0 Å². The highest BCUT2D eigenvalue weighted by molar-refractivity contribution is 5.08. The molecule has 0 saturated heterocycles. The molecule has 0 atom stereocenters. The maximum atomic E-state index is 4.14. The number of pyridine rings is 1. The Kier molecular flexibility index (Phi) is 3.94. The second-order valence-corrected chi connectivity index (χ2v) is 5.16. The predicted molar refractivity (Wildman–Crippen MR) is 67.4 cm³/mol. The molecular weight excluding hydrogens is 196 g/mol. The molecule has 1 aliphatic rings. The SMILES string of the molecule is CC1(NCCc2cccnc2)CCCCC1. The third-order valence-corrected chi connectivity index (χ3v) is 3.65. The molecule has 0 aliphatic heterocycles. The van der Waals surface area contributed by atoms with Crippen LogP contribution in [0.1, 0.15) is 44.6 Å². The van der Waals surface area contributed by atoms with Crippen LogP contribution >= 0.6 is 0 Å². The third-order valence-electron chi connectivity index (χ3n) is 3.65. The van der Waals surface area contributed by atoms with E-state index in [1.807, 2.05) is 18.5 Å². The highest BCUT2D eigenvalue weighted by atomic mass is 15.0. The average molecular weight is 218 g/mol. The summed E-state index contributed by atoms with van der Waals surface area (Å²) in [6, 6.07) is 4.16. The quantitative estimate of drug-likeness (QED) is 0.840. The van der Waals surface area contributed by atoms with Crippen molar-refractivity contribution in [2.75, 3.05) is 6.54 Å². The lowest BCUT2D eigenvalue weighted by atomic mass is 9.83. The van der Waals surface area contributed by atoms with Crippen molar-refractivity contribution in [2.45, 2.75) is 51.0 Å². The summed E-state index contributed by atoms with van der Waals surface area (Å²) in [4.78, 5) is 4.14. The monoisotopic (exact) mass is 218 g/mol. The second kappa shape index (κ2) is 5.44. The molecule has 0 aromatic carbocycles. The zero-order chi connectivity index (χ0) is 11.3. The minimum absolute atomic E-state index is 0.389. The van der Waals surface area contributed by atoms with Gasteiger partial charge in [-0.25, -0.2) is 0 Å². The van der Waals surface area contributed by atoms with E-state index in [2.05, 4.69) is 23.3 Å². The normalized spacial score (nSPS) is 19.6. The summed E-state index contributed by atoms with van der Waals surface area (Å²) in [7, 11) is 0. The van der Waals surface area contributed by atoms with Gasteiger partial charge in [-0.3, -0.25) is 4.98 Å². The van der Waals surface area contributed by atoms with Crippen LogP contribution in [0.3, 0.4) is 0 Å². The van der Waals surface area contributed by atoms with E-state index in [-0.39, 0.29) is 0 Å². The fourth-order valence-electron chi connectivity index (χ4n) is 2.56. The van der Waals surface area contributed by atoms with Crippen molar-refractivity contribution in [3.05, 3.63) is 30.1 Å². The Labute approximate surface area is 98.5 Å². The van der Waals surface area contributed by atoms with Crippen LogP contribution in [-0.2, 0) is 6.42 Å². The Morgan fingerprint density at radius 2 is 2.12 bits per heavy atom. The zero-order valence-corrected chi connectivity index (χ0v) is 10.2. The van der Waals surface area contributed by atoms with Crippen LogP contribution in [0.5, 0.6) is 0 Å². The van der Waals surface area contributed by atoms with Crippen molar-refractivity contribution in [3.8, 4) is 0 Å². The summed E-state index contributed by atoms with van der Waals surface area (Å²) in [6.45, 7) is 3.44. The Hall–Kier alpha value is -0.890. The molecule has 1 N–H and O–H groups in total. The van der Waals surface area contributed by atoms with Gasteiger partial charge in [0, 0.05) is 17.9 Å². The van der Waals surface area contributed by atoms with Crippen LogP contribution in [-0.4, -0.2) is 17.1 Å². The van der Waals surface area contributed by atoms with Crippen molar-refractivity contribution < 1.29 is 0 Å². The van der Waals surface area contributed by atoms with E-state index < -0.39 is 0 Å². The molecule has 1 aromatic rings. The molecule has 1 heterocycles. The summed E-state index contributed by atoms with van der Waals surface area (Å²) < 4.78 is 0. The summed E-state index contributed by atoms with van der Waals surface area (Å²) >= 11 is 0. The van der Waals surface area contributed by atoms with Crippen LogP contribution < -0.4 is 5.32 Å². The Balaban J connectivity index is 1.75. The van der Waals surface area contributed by atoms with Gasteiger partial charge >= 0.3 is 0 Å². The van der Waals surface area contributed by atoms with E-state index in [1.54, 1.807) is 0 Å². The highest BCUT2D eigenvalue weighted by Gasteiger charge is 2.25. The van der Waals surface area contributed by atoms with Gasteiger partial charge in [-0.2, -0.15) is 0 Å². The maximum absolute atomic E-state index is 4.14. The minimum Gasteiger partial charge on any atom is -0.311 e. The molecule has 0 amide bonds. The predicted octanol–water partition coefficient (Wildman–Crippen LogP) is 2.94. The fraction of sp³-hybridized carbons (Fsp3) is 0.643. The Morgan fingerprint density at radius 3 is 2.81 bits per heavy atom. The van der Waals surface area contributed by atoms with Crippen molar-refractivity contribution in [1.82, 2.24) is 10.3 Å². The lowest BCUT2D eigenvalue weighted by Gasteiger charge is -2.34. The van der Waals surface area contributed by atoms with Crippen LogP contribution in [0.2, 0.25) is 0 Å². The van der Waals surface area contributed by atoms with Gasteiger partial charge in [0.2, 0.25) is 0 Å². The zero-order valence-electron chi connectivity index (χ0n) is 10.2. The molecule has 1 fully saturated rings. The van der Waals surface area contributed by atoms with Crippen LogP contribution in [0, 0.1) is 0 Å². The van der Waals surface area contributed by atoms with Gasteiger partial charge in [0.1, 0.15) is 0 Å². The molecule has 2 nitrogen and oxygen atoms in total. The number of rotatable bonds is 4. The van der Waals surface area contributed by atoms with Gasteiger partial charge in [-0.15, -0.1) is 0 Å². The first kappa shape index (κ1) is 11.6. The van der Waals surface area contributed by atoms with E-state index in [4.69, 9.17) is 0 Å². The van der Waals surface area contributed by atoms with Gasteiger partial charge in [0.25, 0.3) is 0 Å². The second-order valence-electron chi connectivity index (χ2n) is 5.16. The summed E-state index contributed by atoms with van der Waals surface area (Å²) in [5, 5.41) is 3.72. The molecule has 88 valence electrons. The van der Waals surface area contributed by atoms with E-state index in [0.717, 1.165) is 13.0 Å². The van der Waals surface area contributed by atoms with Gasteiger partial charge < -0.3 is 5.32 Å². The van der Waals surface area contributed by atoms with E-state index in [9.17, 15) is 0 Å². The number of aromatic nitrogens is 1. The topological polar surface area (TPSA) is 24.9 Å². The highest BCUT2D eigenvalue weighted by Crippen LogP contribution is 2.27. The Morgan fingerprint density at radius 1 is 1.31 bits per heavy atom. The van der Waals surface area contributed by atoms with Crippen molar-refractivity contribution in [3.63, 3.8) is 0 Å². The van der Waals surface area contributed by atoms with Crippen molar-refractivity contribution in [2.24, 2.45) is 0 Å². The molecule has 0 spiro atoms. The summed E-state index contributed by atoms with van der Waals surface area (Å²) in [6.07, 6.45) is 11.7. The molecule has 0 radical (unpaired) electrons. The first-order valence-corrected chi connectivity index (χ1v) is 6.42. The third kappa shape index (κ3) is 3.31. The molecule has 2 rings (SSSR count). The number of hydrogen-bond donors (Lipinski definition) is 1. The molecule has 1 aromatic heterocycles. The van der Waals surface area contributed by atoms with Crippen molar-refractivity contribution >= 4 is 0 Å². The van der Waals surface area contributed by atoms with Gasteiger partial charge in [0.15, 0.2) is 0 Å². The van der Waals surface area contributed by atoms with E-state index in [0.29, 0.717) is 5.54 Å². The Bertz CT molecular complexity index is 302. The minimum atomic E-state index is 0.389. The van der Waals surface area contributed by atoms with Gasteiger partial charge in [-0.05, 0) is 44.4 Å². The number of nitrogens with zero attached hydrogens (tertiary/aromatic N) is 1. The van der Waals surface area contributed by atoms with E-state index >= 15 is 0 Å². The molecule has 2 heteroatoms. The van der Waals surface area contributed by atoms with E-state index in [1.165, 1.54) is 37.7 Å². The fourth-order valence-corrected chi connectivity index (χ4v) is 2.56. The van der Waals surface area contributed by atoms with Gasteiger partial charge in [0.05, 0.1) is 0 Å². The first-order valence-electron chi connectivity index (χ1n) is 6.42.